The van der Waals surface area contributed by atoms with Crippen LogP contribution in [0.15, 0.2) is 97.1 Å². The standard InChI is InChI=1S/C28H25N/c1-3-29-27-16-10-9-15-25(27)26-19-22(17-18-28(26)29)20(2)23-13-7-8-14-24(23)21-11-5-4-6-12-21/h4-20H,3H2,1-2H3. The predicted molar refractivity (Wildman–Crippen MR) is 125 cm³/mol. The minimum Gasteiger partial charge on any atom is -0.341 e. The van der Waals surface area contributed by atoms with E-state index in [0.29, 0.717) is 5.92 Å². The lowest BCUT2D eigenvalue weighted by Crippen LogP contribution is -1.99. The highest BCUT2D eigenvalue weighted by Crippen LogP contribution is 2.36. The Balaban J connectivity index is 1.67. The van der Waals surface area contributed by atoms with Crippen molar-refractivity contribution in [1.82, 2.24) is 4.57 Å². The molecular weight excluding hydrogens is 350 g/mol. The number of hydrogen-bond donors (Lipinski definition) is 0. The largest absolute Gasteiger partial charge is 0.341 e. The molecule has 0 amide bonds. The molecule has 0 N–H and O–H groups in total. The zero-order chi connectivity index (χ0) is 19.8. The minimum absolute atomic E-state index is 0.319. The van der Waals surface area contributed by atoms with E-state index in [0.717, 1.165) is 6.54 Å². The molecule has 0 aliphatic carbocycles. The highest BCUT2D eigenvalue weighted by Gasteiger charge is 2.16. The lowest BCUT2D eigenvalue weighted by Gasteiger charge is -2.18. The van der Waals surface area contributed by atoms with Crippen LogP contribution >= 0.6 is 0 Å². The van der Waals surface area contributed by atoms with Gasteiger partial charge in [0, 0.05) is 34.3 Å². The van der Waals surface area contributed by atoms with Crippen LogP contribution in [0, 0.1) is 0 Å². The second-order valence-electron chi connectivity index (χ2n) is 7.71. The van der Waals surface area contributed by atoms with E-state index in [1.165, 1.54) is 44.1 Å². The summed E-state index contributed by atoms with van der Waals surface area (Å²) in [6.45, 7) is 5.52. The molecule has 1 aromatic heterocycles. The maximum atomic E-state index is 2.41. The monoisotopic (exact) mass is 375 g/mol. The van der Waals surface area contributed by atoms with Gasteiger partial charge in [-0.15, -0.1) is 0 Å². The molecule has 1 atom stereocenters. The lowest BCUT2D eigenvalue weighted by atomic mass is 9.86. The second-order valence-corrected chi connectivity index (χ2v) is 7.71. The van der Waals surface area contributed by atoms with Crippen molar-refractivity contribution in [1.29, 1.82) is 0 Å². The van der Waals surface area contributed by atoms with Crippen LogP contribution in [0.1, 0.15) is 30.9 Å². The number of nitrogens with zero attached hydrogens (tertiary/aromatic N) is 1. The van der Waals surface area contributed by atoms with E-state index < -0.39 is 0 Å². The van der Waals surface area contributed by atoms with Crippen LogP contribution in [0.3, 0.4) is 0 Å². The molecule has 0 saturated carbocycles. The Hall–Kier alpha value is -3.32. The van der Waals surface area contributed by atoms with Gasteiger partial charge in [0.1, 0.15) is 0 Å². The highest BCUT2D eigenvalue weighted by molar-refractivity contribution is 6.08. The summed E-state index contributed by atoms with van der Waals surface area (Å²) in [5.41, 5.74) is 7.97. The van der Waals surface area contributed by atoms with Gasteiger partial charge in [0.25, 0.3) is 0 Å². The SMILES string of the molecule is CCn1c2ccccc2c2cc(C(C)c3ccccc3-c3ccccc3)ccc21. The van der Waals surface area contributed by atoms with E-state index in [4.69, 9.17) is 0 Å². The third-order valence-electron chi connectivity index (χ3n) is 6.12. The molecular formula is C28H25N. The minimum atomic E-state index is 0.319. The average Bonchev–Trinajstić information content (AvgIpc) is 3.12. The normalized spacial score (nSPS) is 12.5. The molecule has 5 rings (SSSR count). The van der Waals surface area contributed by atoms with Gasteiger partial charge in [-0.25, -0.2) is 0 Å². The third-order valence-corrected chi connectivity index (χ3v) is 6.12. The van der Waals surface area contributed by atoms with E-state index in [1.807, 2.05) is 0 Å². The molecule has 1 unspecified atom stereocenters. The molecule has 0 aliphatic rings. The molecule has 4 aromatic carbocycles. The van der Waals surface area contributed by atoms with Gasteiger partial charge in [-0.3, -0.25) is 0 Å². The van der Waals surface area contributed by atoms with Crippen molar-refractivity contribution in [3.05, 3.63) is 108 Å². The summed E-state index contributed by atoms with van der Waals surface area (Å²) >= 11 is 0. The number of para-hydroxylation sites is 1. The van der Waals surface area contributed by atoms with Crippen molar-refractivity contribution in [3.63, 3.8) is 0 Å². The quantitative estimate of drug-likeness (QED) is 0.304. The third kappa shape index (κ3) is 2.94. The summed E-state index contributed by atoms with van der Waals surface area (Å²) in [5.74, 6) is 0.319. The van der Waals surface area contributed by atoms with E-state index >= 15 is 0 Å². The van der Waals surface area contributed by atoms with Crippen molar-refractivity contribution in [2.24, 2.45) is 0 Å². The van der Waals surface area contributed by atoms with Crippen LogP contribution in [0.25, 0.3) is 32.9 Å². The first kappa shape index (κ1) is 17.8. The van der Waals surface area contributed by atoms with Crippen molar-refractivity contribution in [2.75, 3.05) is 0 Å². The number of hydrogen-bond acceptors (Lipinski definition) is 0. The molecule has 0 saturated heterocycles. The first-order valence-corrected chi connectivity index (χ1v) is 10.4. The van der Waals surface area contributed by atoms with Crippen molar-refractivity contribution in [2.45, 2.75) is 26.3 Å². The number of aryl methyl sites for hydroxylation is 1. The summed E-state index contributed by atoms with van der Waals surface area (Å²) in [7, 11) is 0. The van der Waals surface area contributed by atoms with Gasteiger partial charge in [-0.1, -0.05) is 85.8 Å². The molecule has 1 heteroatoms. The molecule has 0 radical (unpaired) electrons. The Morgan fingerprint density at radius 3 is 2.21 bits per heavy atom. The summed E-state index contributed by atoms with van der Waals surface area (Å²) < 4.78 is 2.41. The first-order chi connectivity index (χ1) is 14.3. The maximum absolute atomic E-state index is 2.41. The molecule has 1 nitrogen and oxygen atoms in total. The molecule has 5 aromatic rings. The summed E-state index contributed by atoms with van der Waals surface area (Å²) in [6, 6.07) is 35.3. The Bertz CT molecular complexity index is 1290. The molecule has 0 bridgehead atoms. The number of fused-ring (bicyclic) bond motifs is 3. The Kier molecular flexibility index (Phi) is 4.44. The van der Waals surface area contributed by atoms with Crippen LogP contribution < -0.4 is 0 Å². The average molecular weight is 376 g/mol. The van der Waals surface area contributed by atoms with Crippen molar-refractivity contribution >= 4 is 21.8 Å². The van der Waals surface area contributed by atoms with E-state index in [-0.39, 0.29) is 0 Å². The van der Waals surface area contributed by atoms with Crippen LogP contribution in [-0.4, -0.2) is 4.57 Å². The highest BCUT2D eigenvalue weighted by atomic mass is 15.0. The molecule has 0 spiro atoms. The topological polar surface area (TPSA) is 4.93 Å². The maximum Gasteiger partial charge on any atom is 0.0491 e. The van der Waals surface area contributed by atoms with Crippen molar-refractivity contribution in [3.8, 4) is 11.1 Å². The Morgan fingerprint density at radius 1 is 0.690 bits per heavy atom. The summed E-state index contributed by atoms with van der Waals surface area (Å²) in [4.78, 5) is 0. The van der Waals surface area contributed by atoms with Gasteiger partial charge < -0.3 is 4.57 Å². The van der Waals surface area contributed by atoms with E-state index in [1.54, 1.807) is 0 Å². The lowest BCUT2D eigenvalue weighted by molar-refractivity contribution is 0.826. The van der Waals surface area contributed by atoms with Crippen LogP contribution in [0.4, 0.5) is 0 Å². The van der Waals surface area contributed by atoms with E-state index in [2.05, 4.69) is 115 Å². The number of benzene rings is 4. The number of aromatic nitrogens is 1. The number of rotatable bonds is 4. The Labute approximate surface area is 172 Å². The van der Waals surface area contributed by atoms with Gasteiger partial charge >= 0.3 is 0 Å². The zero-order valence-electron chi connectivity index (χ0n) is 17.0. The molecule has 0 fully saturated rings. The van der Waals surface area contributed by atoms with Gasteiger partial charge in [0.05, 0.1) is 0 Å². The summed E-state index contributed by atoms with van der Waals surface area (Å²) in [5, 5.41) is 2.69. The fraction of sp³-hybridized carbons (Fsp3) is 0.143. The van der Waals surface area contributed by atoms with Crippen LogP contribution in [-0.2, 0) is 6.54 Å². The van der Waals surface area contributed by atoms with Gasteiger partial charge in [0.15, 0.2) is 0 Å². The first-order valence-electron chi connectivity index (χ1n) is 10.4. The predicted octanol–water partition coefficient (Wildman–Crippen LogP) is 7.63. The van der Waals surface area contributed by atoms with Gasteiger partial charge in [-0.05, 0) is 47.4 Å². The second kappa shape index (κ2) is 7.25. The van der Waals surface area contributed by atoms with E-state index in [9.17, 15) is 0 Å². The molecule has 29 heavy (non-hydrogen) atoms. The molecule has 1 heterocycles. The smallest absolute Gasteiger partial charge is 0.0491 e. The zero-order valence-corrected chi connectivity index (χ0v) is 17.0. The molecule has 0 aliphatic heterocycles. The fourth-order valence-electron chi connectivity index (χ4n) is 4.62. The fourth-order valence-corrected chi connectivity index (χ4v) is 4.62. The summed E-state index contributed by atoms with van der Waals surface area (Å²) in [6.07, 6.45) is 0. The van der Waals surface area contributed by atoms with Crippen LogP contribution in [0.5, 0.6) is 0 Å². The molecule has 142 valence electrons. The van der Waals surface area contributed by atoms with Gasteiger partial charge in [-0.2, -0.15) is 0 Å². The van der Waals surface area contributed by atoms with Gasteiger partial charge in [0.2, 0.25) is 0 Å². The van der Waals surface area contributed by atoms with Crippen molar-refractivity contribution < 1.29 is 0 Å². The van der Waals surface area contributed by atoms with Crippen LogP contribution in [0.2, 0.25) is 0 Å². The Morgan fingerprint density at radius 2 is 1.38 bits per heavy atom.